The molecule has 0 saturated carbocycles. The Balaban J connectivity index is -0.00000119. The van der Waals surface area contributed by atoms with Crippen LogP contribution in [0.2, 0.25) is 0 Å². The maximum atomic E-state index is 13.1. The minimum absolute atomic E-state index is 0. The number of amides is 4. The van der Waals surface area contributed by atoms with Crippen LogP contribution in [0.15, 0.2) is 91.0 Å². The van der Waals surface area contributed by atoms with Crippen molar-refractivity contribution in [3.8, 4) is 0 Å². The van der Waals surface area contributed by atoms with Crippen LogP contribution in [0.4, 0.5) is 14.4 Å². The Morgan fingerprint density at radius 1 is 0.483 bits per heavy atom. The summed E-state index contributed by atoms with van der Waals surface area (Å²) < 4.78 is 42.3. The molecular formula is C62H94ILiN4O19. The van der Waals surface area contributed by atoms with E-state index in [0.717, 1.165) is 21.6 Å². The molecule has 4 amide bonds. The standard InChI is InChI=1S/C22H30N2O6.C19H25NO6.C18H23NO6.3CH4.HI.Li.H2O.H2/c1-22(2,3)30-20(26)18-17(19(25)23-11-13-28-14-12-23)9-10-24(18)21(27)29-15-16-7-5-4-6-8-16;1-19(2,3)26-17(22)15-14(16(21)24-4)10-11-20(15)18(23)25-12-13-8-6-5-7-9-13;1-18(2,3)25-16(22)14-13(15(20)21)9-10-19(14)17(23)24-11-12-7-5-4-6-8-12;;;;;;;/h4-8,17-18H,9-15H2,1-3H3;5-9,14-15H,10-12H2,1-4H3;4-8,13-14H,9-11H2,1-3H3,(H,20,21);3*1H4;1H;;1H2;1H/q;;;;;;;+1;;/p-1/t17-,18-;14-,15-;13-,14-;;;;;;;/m000......./s1. The number of hydrogen-bond donors (Lipinski definition) is 1. The number of carboxylic acids is 1. The molecule has 484 valence electrons. The molecule has 0 aliphatic carbocycles. The van der Waals surface area contributed by atoms with Gasteiger partial charge in [0.25, 0.3) is 0 Å². The molecule has 4 heterocycles. The van der Waals surface area contributed by atoms with Crippen LogP contribution in [0.25, 0.3) is 0 Å². The van der Waals surface area contributed by atoms with Gasteiger partial charge in [0.2, 0.25) is 5.91 Å². The molecule has 2 N–H and O–H groups in total. The van der Waals surface area contributed by atoms with Gasteiger partial charge in [-0.05, 0) is 98.3 Å². The minimum atomic E-state index is -1.18. The van der Waals surface area contributed by atoms with Crippen molar-refractivity contribution in [2.45, 2.75) is 159 Å². The Bertz CT molecular complexity index is 2640. The van der Waals surface area contributed by atoms with Gasteiger partial charge in [0, 0.05) is 34.2 Å². The quantitative estimate of drug-likeness (QED) is 0.0845. The molecule has 4 aliphatic heterocycles. The Labute approximate surface area is 543 Å². The molecule has 0 spiro atoms. The fourth-order valence-electron chi connectivity index (χ4n) is 9.29. The van der Waals surface area contributed by atoms with Gasteiger partial charge < -0.3 is 53.4 Å². The summed E-state index contributed by atoms with van der Waals surface area (Å²) in [4.78, 5) is 118. The van der Waals surface area contributed by atoms with Gasteiger partial charge in [0.05, 0.1) is 38.1 Å². The summed E-state index contributed by atoms with van der Waals surface area (Å²) in [5, 5.41) is 9.35. The third kappa shape index (κ3) is 25.7. The molecule has 0 radical (unpaired) electrons. The molecule has 0 unspecified atom stereocenters. The number of benzene rings is 3. The van der Waals surface area contributed by atoms with Gasteiger partial charge >= 0.3 is 67.0 Å². The van der Waals surface area contributed by atoms with Crippen LogP contribution in [0.5, 0.6) is 0 Å². The normalized spacial score (nSPS) is 19.3. The minimum Gasteiger partial charge on any atom is -0.870 e. The first-order valence-corrected chi connectivity index (χ1v) is 27.0. The van der Waals surface area contributed by atoms with E-state index < -0.39 is 101 Å². The second-order valence-electron chi connectivity index (χ2n) is 22.6. The van der Waals surface area contributed by atoms with Crippen molar-refractivity contribution >= 4 is 78.0 Å². The van der Waals surface area contributed by atoms with Crippen LogP contribution in [0.1, 0.15) is 122 Å². The van der Waals surface area contributed by atoms with Crippen LogP contribution in [0.3, 0.4) is 0 Å². The zero-order valence-corrected chi connectivity index (χ0v) is 52.2. The van der Waals surface area contributed by atoms with Crippen molar-refractivity contribution in [2.24, 2.45) is 17.8 Å². The second kappa shape index (κ2) is 38.1. The fourth-order valence-corrected chi connectivity index (χ4v) is 9.29. The van der Waals surface area contributed by atoms with E-state index in [4.69, 9.17) is 37.9 Å². The molecule has 4 saturated heterocycles. The number of nitrogens with zero attached hydrogens (tertiary/aromatic N) is 4. The first kappa shape index (κ1) is 82.6. The van der Waals surface area contributed by atoms with Crippen molar-refractivity contribution in [3.05, 3.63) is 108 Å². The number of likely N-dealkylation sites (tertiary alicyclic amines) is 3. The maximum Gasteiger partial charge on any atom is 1.00 e. The molecule has 23 nitrogen and oxygen atoms in total. The fraction of sp³-hybridized carbons (Fsp3) is 0.565. The SMILES string of the molecule is C.C.C.CC(C)(C)OC(=O)[C@@H]1[C@@H](C(=O)N2CCOCC2)CCN1C(=O)OCc1ccccc1.CC(C)(C)OC(=O)[C@@H]1[C@@H](C(=O)O)CCN1C(=O)OCc1ccccc1.COC(=O)[C@H]1CCN(C(=O)OCc2ccccc2)[C@@H]1C(=O)OC(C)(C)C.I.[HH].[Li+].[OH-]. The topological polar surface area (TPSA) is 291 Å². The third-order valence-electron chi connectivity index (χ3n) is 12.9. The number of carboxylic acid groups (broad SMARTS) is 1. The van der Waals surface area contributed by atoms with Crippen molar-refractivity contribution < 1.29 is 112 Å². The van der Waals surface area contributed by atoms with E-state index in [1.54, 1.807) is 67.2 Å². The van der Waals surface area contributed by atoms with Crippen LogP contribution in [-0.2, 0) is 86.5 Å². The number of carbonyl (C=O) groups excluding carboxylic acids is 8. The third-order valence-corrected chi connectivity index (χ3v) is 12.9. The molecule has 3 aromatic carbocycles. The monoisotopic (exact) mass is 1330 g/mol. The summed E-state index contributed by atoms with van der Waals surface area (Å²) in [6, 6.07) is 24.4. The summed E-state index contributed by atoms with van der Waals surface area (Å²) in [5.41, 5.74) is 0.241. The zero-order valence-electron chi connectivity index (χ0n) is 49.8. The zero-order chi connectivity index (χ0) is 59.7. The maximum absolute atomic E-state index is 13.1. The Kier molecular flexibility index (Phi) is 36.1. The van der Waals surface area contributed by atoms with Gasteiger partial charge in [-0.1, -0.05) is 113 Å². The van der Waals surface area contributed by atoms with Crippen LogP contribution in [0, 0.1) is 17.8 Å². The number of ether oxygens (including phenoxy) is 8. The summed E-state index contributed by atoms with van der Waals surface area (Å²) >= 11 is 0. The summed E-state index contributed by atoms with van der Waals surface area (Å²) in [5.74, 6) is -6.18. The van der Waals surface area contributed by atoms with E-state index >= 15 is 0 Å². The number of halogens is 1. The van der Waals surface area contributed by atoms with Crippen LogP contribution < -0.4 is 18.9 Å². The predicted molar refractivity (Wildman–Crippen MR) is 330 cm³/mol. The average Bonchev–Trinajstić information content (AvgIpc) is 4.34. The van der Waals surface area contributed by atoms with Gasteiger partial charge in [-0.25, -0.2) is 28.8 Å². The Morgan fingerprint density at radius 3 is 1.07 bits per heavy atom. The van der Waals surface area contributed by atoms with Crippen LogP contribution >= 0.6 is 24.0 Å². The number of esters is 4. The number of morpholine rings is 1. The van der Waals surface area contributed by atoms with Gasteiger partial charge in [0.1, 0.15) is 54.7 Å². The first-order valence-electron chi connectivity index (χ1n) is 27.0. The summed E-state index contributed by atoms with van der Waals surface area (Å²) in [6.07, 6.45) is -1.11. The van der Waals surface area contributed by atoms with Crippen molar-refractivity contribution in [3.63, 3.8) is 0 Å². The molecular weight excluding hydrogens is 1240 g/mol. The first-order chi connectivity index (χ1) is 38.2. The summed E-state index contributed by atoms with van der Waals surface area (Å²) in [6.45, 7) is 18.3. The smallest absolute Gasteiger partial charge is 0.870 e. The molecule has 3 aromatic rings. The van der Waals surface area contributed by atoms with Gasteiger partial charge in [0.15, 0.2) is 0 Å². The van der Waals surface area contributed by atoms with E-state index in [1.165, 1.54) is 16.9 Å². The largest absolute Gasteiger partial charge is 1.00 e. The molecule has 0 bridgehead atoms. The Morgan fingerprint density at radius 2 is 0.770 bits per heavy atom. The van der Waals surface area contributed by atoms with E-state index in [0.29, 0.717) is 39.1 Å². The molecule has 4 fully saturated rings. The van der Waals surface area contributed by atoms with Gasteiger partial charge in [-0.3, -0.25) is 29.1 Å². The van der Waals surface area contributed by atoms with Gasteiger partial charge in [-0.15, -0.1) is 24.0 Å². The predicted octanol–water partition coefficient (Wildman–Crippen LogP) is 6.78. The second-order valence-corrected chi connectivity index (χ2v) is 22.6. The van der Waals surface area contributed by atoms with Crippen molar-refractivity contribution in [2.75, 3.05) is 53.0 Å². The van der Waals surface area contributed by atoms with E-state index in [2.05, 4.69) is 0 Å². The van der Waals surface area contributed by atoms with Crippen molar-refractivity contribution in [1.82, 2.24) is 19.6 Å². The molecule has 7 rings (SSSR count). The number of aliphatic carboxylic acids is 1. The number of carbonyl (C=O) groups is 9. The van der Waals surface area contributed by atoms with Crippen LogP contribution in [-0.4, -0.2) is 172 Å². The molecule has 87 heavy (non-hydrogen) atoms. The van der Waals surface area contributed by atoms with E-state index in [9.17, 15) is 48.3 Å². The average molecular weight is 1330 g/mol. The van der Waals surface area contributed by atoms with Crippen molar-refractivity contribution in [1.29, 1.82) is 0 Å². The molecule has 0 aromatic heterocycles. The van der Waals surface area contributed by atoms with Gasteiger partial charge in [-0.2, -0.15) is 0 Å². The van der Waals surface area contributed by atoms with E-state index in [-0.39, 0.29) is 124 Å². The summed E-state index contributed by atoms with van der Waals surface area (Å²) in [7, 11) is 1.25. The number of methoxy groups -OCH3 is 1. The molecule has 25 heteroatoms. The number of rotatable bonds is 12. The molecule has 6 atom stereocenters. The Hall–Kier alpha value is -6.46. The van der Waals surface area contributed by atoms with E-state index in [1.807, 2.05) is 91.0 Å². The molecule has 4 aliphatic rings. The number of hydrogen-bond acceptors (Lipinski definition) is 18.